The van der Waals surface area contributed by atoms with Crippen molar-refractivity contribution >= 4 is 10.8 Å². The van der Waals surface area contributed by atoms with Gasteiger partial charge in [-0.2, -0.15) is 0 Å². The van der Waals surface area contributed by atoms with Crippen molar-refractivity contribution in [2.75, 3.05) is 0 Å². The van der Waals surface area contributed by atoms with E-state index in [1.54, 1.807) is 12.4 Å². The van der Waals surface area contributed by atoms with Gasteiger partial charge < -0.3 is 5.11 Å². The van der Waals surface area contributed by atoms with Gasteiger partial charge in [-0.15, -0.1) is 0 Å². The van der Waals surface area contributed by atoms with Crippen LogP contribution in [0.2, 0.25) is 0 Å². The maximum absolute atomic E-state index is 10.3. The standard InChI is InChI=1S/C18H17NO/c20-18(8-5-14-9-11-19-12-10-14)17-7-6-15-3-1-2-4-16(15)13-17/h1-4,6-7,9-13,18,20H,5,8H2. The summed E-state index contributed by atoms with van der Waals surface area (Å²) in [7, 11) is 0. The molecule has 1 atom stereocenters. The highest BCUT2D eigenvalue weighted by atomic mass is 16.3. The quantitative estimate of drug-likeness (QED) is 0.774. The molecule has 2 nitrogen and oxygen atoms in total. The molecule has 3 rings (SSSR count). The molecular weight excluding hydrogens is 246 g/mol. The Balaban J connectivity index is 1.73. The third kappa shape index (κ3) is 2.86. The Morgan fingerprint density at radius 1 is 0.900 bits per heavy atom. The molecule has 0 amide bonds. The van der Waals surface area contributed by atoms with E-state index in [1.165, 1.54) is 16.3 Å². The number of aryl methyl sites for hydroxylation is 1. The molecule has 0 bridgehead atoms. The van der Waals surface area contributed by atoms with Crippen molar-refractivity contribution < 1.29 is 5.11 Å². The number of hydrogen-bond donors (Lipinski definition) is 1. The van der Waals surface area contributed by atoms with Crippen LogP contribution in [0.25, 0.3) is 10.8 Å². The van der Waals surface area contributed by atoms with Gasteiger partial charge in [-0.1, -0.05) is 36.4 Å². The summed E-state index contributed by atoms with van der Waals surface area (Å²) >= 11 is 0. The van der Waals surface area contributed by atoms with Crippen LogP contribution >= 0.6 is 0 Å². The van der Waals surface area contributed by atoms with Crippen molar-refractivity contribution in [3.8, 4) is 0 Å². The van der Waals surface area contributed by atoms with E-state index in [0.717, 1.165) is 18.4 Å². The van der Waals surface area contributed by atoms with Gasteiger partial charge in [0.2, 0.25) is 0 Å². The van der Waals surface area contributed by atoms with E-state index in [0.29, 0.717) is 0 Å². The van der Waals surface area contributed by atoms with Gasteiger partial charge in [-0.25, -0.2) is 0 Å². The summed E-state index contributed by atoms with van der Waals surface area (Å²) in [5.41, 5.74) is 2.19. The van der Waals surface area contributed by atoms with Gasteiger partial charge in [0.15, 0.2) is 0 Å². The lowest BCUT2D eigenvalue weighted by molar-refractivity contribution is 0.168. The first-order valence-electron chi connectivity index (χ1n) is 6.88. The fourth-order valence-corrected chi connectivity index (χ4v) is 2.43. The van der Waals surface area contributed by atoms with Crippen molar-refractivity contribution in [2.45, 2.75) is 18.9 Å². The Kier molecular flexibility index (Phi) is 3.75. The zero-order valence-corrected chi connectivity index (χ0v) is 11.2. The Morgan fingerprint density at radius 3 is 2.45 bits per heavy atom. The molecule has 3 aromatic rings. The first-order valence-corrected chi connectivity index (χ1v) is 6.88. The predicted octanol–water partition coefficient (Wildman–Crippen LogP) is 3.90. The summed E-state index contributed by atoms with van der Waals surface area (Å²) < 4.78 is 0. The normalized spacial score (nSPS) is 12.4. The SMILES string of the molecule is OC(CCc1ccncc1)c1ccc2ccccc2c1. The van der Waals surface area contributed by atoms with Crippen molar-refractivity contribution in [1.82, 2.24) is 4.98 Å². The minimum atomic E-state index is -0.423. The van der Waals surface area contributed by atoms with E-state index in [-0.39, 0.29) is 0 Å². The number of rotatable bonds is 4. The first kappa shape index (κ1) is 12.8. The highest BCUT2D eigenvalue weighted by Crippen LogP contribution is 2.23. The maximum atomic E-state index is 10.3. The molecule has 1 heterocycles. The van der Waals surface area contributed by atoms with Crippen LogP contribution in [0.3, 0.4) is 0 Å². The van der Waals surface area contributed by atoms with Gasteiger partial charge in [0.1, 0.15) is 0 Å². The average Bonchev–Trinajstić information content (AvgIpc) is 2.53. The molecule has 0 aliphatic heterocycles. The minimum Gasteiger partial charge on any atom is -0.388 e. The summed E-state index contributed by atoms with van der Waals surface area (Å²) in [4.78, 5) is 4.00. The van der Waals surface area contributed by atoms with Crippen LogP contribution in [0.1, 0.15) is 23.7 Å². The van der Waals surface area contributed by atoms with Crippen LogP contribution in [0.5, 0.6) is 0 Å². The summed E-state index contributed by atoms with van der Waals surface area (Å²) in [6.07, 6.45) is 4.74. The molecule has 0 aliphatic rings. The summed E-state index contributed by atoms with van der Waals surface area (Å²) in [5, 5.41) is 12.7. The van der Waals surface area contributed by atoms with Crippen molar-refractivity contribution in [3.05, 3.63) is 78.1 Å². The molecule has 0 radical (unpaired) electrons. The lowest BCUT2D eigenvalue weighted by atomic mass is 9.99. The molecule has 100 valence electrons. The maximum Gasteiger partial charge on any atom is 0.0793 e. The number of hydrogen-bond acceptors (Lipinski definition) is 2. The molecule has 0 spiro atoms. The van der Waals surface area contributed by atoms with E-state index in [1.807, 2.05) is 30.3 Å². The molecular formula is C18H17NO. The Bertz CT molecular complexity index is 694. The molecule has 2 heteroatoms. The molecule has 2 aromatic carbocycles. The molecule has 20 heavy (non-hydrogen) atoms. The molecule has 0 fully saturated rings. The largest absolute Gasteiger partial charge is 0.388 e. The molecule has 0 saturated carbocycles. The molecule has 0 saturated heterocycles. The van der Waals surface area contributed by atoms with Crippen LogP contribution in [-0.4, -0.2) is 10.1 Å². The van der Waals surface area contributed by atoms with Crippen LogP contribution in [0.4, 0.5) is 0 Å². The summed E-state index contributed by atoms with van der Waals surface area (Å²) in [6.45, 7) is 0. The Labute approximate surface area is 118 Å². The minimum absolute atomic E-state index is 0.423. The number of aromatic nitrogens is 1. The predicted molar refractivity (Wildman–Crippen MR) is 81.5 cm³/mol. The average molecular weight is 263 g/mol. The third-order valence-corrected chi connectivity index (χ3v) is 3.61. The van der Waals surface area contributed by atoms with Crippen LogP contribution < -0.4 is 0 Å². The fraction of sp³-hybridized carbons (Fsp3) is 0.167. The van der Waals surface area contributed by atoms with E-state index < -0.39 is 6.10 Å². The van der Waals surface area contributed by atoms with E-state index in [4.69, 9.17) is 0 Å². The molecule has 1 unspecified atom stereocenters. The summed E-state index contributed by atoms with van der Waals surface area (Å²) in [5.74, 6) is 0. The number of aliphatic hydroxyl groups is 1. The second-order valence-corrected chi connectivity index (χ2v) is 5.02. The van der Waals surface area contributed by atoms with Gasteiger partial charge in [0, 0.05) is 12.4 Å². The molecule has 1 N–H and O–H groups in total. The Morgan fingerprint density at radius 2 is 1.65 bits per heavy atom. The highest BCUT2D eigenvalue weighted by Gasteiger charge is 2.08. The van der Waals surface area contributed by atoms with Gasteiger partial charge in [0.05, 0.1) is 6.10 Å². The van der Waals surface area contributed by atoms with Gasteiger partial charge in [-0.05, 0) is 52.9 Å². The van der Waals surface area contributed by atoms with Crippen molar-refractivity contribution in [1.29, 1.82) is 0 Å². The second-order valence-electron chi connectivity index (χ2n) is 5.02. The number of fused-ring (bicyclic) bond motifs is 1. The van der Waals surface area contributed by atoms with Gasteiger partial charge >= 0.3 is 0 Å². The number of aliphatic hydroxyl groups excluding tert-OH is 1. The monoisotopic (exact) mass is 263 g/mol. The zero-order valence-electron chi connectivity index (χ0n) is 11.2. The fourth-order valence-electron chi connectivity index (χ4n) is 2.43. The van der Waals surface area contributed by atoms with Crippen LogP contribution in [0, 0.1) is 0 Å². The number of benzene rings is 2. The van der Waals surface area contributed by atoms with E-state index >= 15 is 0 Å². The van der Waals surface area contributed by atoms with Crippen LogP contribution in [-0.2, 0) is 6.42 Å². The zero-order chi connectivity index (χ0) is 13.8. The van der Waals surface area contributed by atoms with E-state index in [9.17, 15) is 5.11 Å². The van der Waals surface area contributed by atoms with Crippen molar-refractivity contribution in [3.63, 3.8) is 0 Å². The smallest absolute Gasteiger partial charge is 0.0793 e. The van der Waals surface area contributed by atoms with Gasteiger partial charge in [-0.3, -0.25) is 4.98 Å². The lowest BCUT2D eigenvalue weighted by Gasteiger charge is -2.12. The topological polar surface area (TPSA) is 33.1 Å². The number of nitrogens with zero attached hydrogens (tertiary/aromatic N) is 1. The molecule has 1 aromatic heterocycles. The number of pyridine rings is 1. The first-order chi connectivity index (χ1) is 9.83. The highest BCUT2D eigenvalue weighted by molar-refractivity contribution is 5.83. The third-order valence-electron chi connectivity index (χ3n) is 3.61. The van der Waals surface area contributed by atoms with E-state index in [2.05, 4.69) is 29.2 Å². The second kappa shape index (κ2) is 5.85. The van der Waals surface area contributed by atoms with Gasteiger partial charge in [0.25, 0.3) is 0 Å². The van der Waals surface area contributed by atoms with Crippen molar-refractivity contribution in [2.24, 2.45) is 0 Å². The Hall–Kier alpha value is -2.19. The summed E-state index contributed by atoms with van der Waals surface area (Å²) in [6, 6.07) is 18.4. The molecule has 0 aliphatic carbocycles. The lowest BCUT2D eigenvalue weighted by Crippen LogP contribution is -1.99. The van der Waals surface area contributed by atoms with Crippen LogP contribution in [0.15, 0.2) is 67.0 Å².